The summed E-state index contributed by atoms with van der Waals surface area (Å²) in [4.78, 5) is 0. The van der Waals surface area contributed by atoms with Gasteiger partial charge in [0.05, 0.1) is 0 Å². The second-order valence-corrected chi connectivity index (χ2v) is 6.00. The Labute approximate surface area is 106 Å². The molecular formula is C10H21Cl3Si. The third-order valence-corrected chi connectivity index (χ3v) is 5.32. The highest BCUT2D eigenvalue weighted by Gasteiger charge is 2.13. The number of hydrogen-bond donors (Lipinski definition) is 0. The van der Waals surface area contributed by atoms with Gasteiger partial charge in [0, 0.05) is 26.9 Å². The van der Waals surface area contributed by atoms with Gasteiger partial charge < -0.3 is 0 Å². The van der Waals surface area contributed by atoms with Gasteiger partial charge in [0.2, 0.25) is 0 Å². The Kier molecular flexibility index (Phi) is 11.4. The van der Waals surface area contributed by atoms with Gasteiger partial charge in [-0.05, 0) is 18.9 Å². The molecular weight excluding hydrogens is 255 g/mol. The van der Waals surface area contributed by atoms with E-state index in [0.717, 1.165) is 35.0 Å². The van der Waals surface area contributed by atoms with Crippen molar-refractivity contribution >= 4 is 45.0 Å². The van der Waals surface area contributed by atoms with E-state index in [1.54, 1.807) is 0 Å². The molecule has 0 spiro atoms. The molecule has 0 saturated heterocycles. The highest BCUT2D eigenvalue weighted by molar-refractivity contribution is 6.32. The zero-order valence-electron chi connectivity index (χ0n) is 8.95. The van der Waals surface area contributed by atoms with Gasteiger partial charge in [0.1, 0.15) is 0 Å². The lowest BCUT2D eigenvalue weighted by molar-refractivity contribution is 0.591. The zero-order chi connectivity index (χ0) is 10.8. The summed E-state index contributed by atoms with van der Waals surface area (Å²) in [6.07, 6.45) is 7.22. The maximum Gasteiger partial charge on any atom is 0.0496 e. The Balaban J connectivity index is 3.18. The average Bonchev–Trinajstić information content (AvgIpc) is 2.21. The van der Waals surface area contributed by atoms with E-state index in [4.69, 9.17) is 34.8 Å². The van der Waals surface area contributed by atoms with E-state index in [2.05, 4.69) is 0 Å². The van der Waals surface area contributed by atoms with Crippen molar-refractivity contribution in [3.8, 4) is 0 Å². The molecule has 0 rings (SSSR count). The van der Waals surface area contributed by atoms with Crippen LogP contribution < -0.4 is 0 Å². The fourth-order valence-electron chi connectivity index (χ4n) is 1.40. The molecule has 0 saturated carbocycles. The quantitative estimate of drug-likeness (QED) is 0.343. The zero-order valence-corrected chi connectivity index (χ0v) is 13.2. The molecule has 0 aromatic rings. The SMILES string of the molecule is [SiH3]CC(Cl)C(Cl)CCCCCCCCl. The van der Waals surface area contributed by atoms with Gasteiger partial charge >= 0.3 is 0 Å². The van der Waals surface area contributed by atoms with Gasteiger partial charge in [0.25, 0.3) is 0 Å². The minimum Gasteiger partial charge on any atom is -0.127 e. The smallest absolute Gasteiger partial charge is 0.0496 e. The summed E-state index contributed by atoms with van der Waals surface area (Å²) in [5.41, 5.74) is 0. The third-order valence-electron chi connectivity index (χ3n) is 2.40. The van der Waals surface area contributed by atoms with Gasteiger partial charge in [-0.2, -0.15) is 0 Å². The molecule has 0 radical (unpaired) electrons. The van der Waals surface area contributed by atoms with Gasteiger partial charge in [-0.1, -0.05) is 25.7 Å². The lowest BCUT2D eigenvalue weighted by Gasteiger charge is -2.13. The molecule has 0 bridgehead atoms. The molecule has 0 nitrogen and oxygen atoms in total. The Hall–Kier alpha value is 1.09. The lowest BCUT2D eigenvalue weighted by atomic mass is 10.1. The molecule has 0 aromatic heterocycles. The van der Waals surface area contributed by atoms with Crippen LogP contribution in [0.15, 0.2) is 0 Å². The summed E-state index contributed by atoms with van der Waals surface area (Å²) in [5, 5.41) is 0.383. The summed E-state index contributed by atoms with van der Waals surface area (Å²) in [6.45, 7) is 0. The first-order valence-corrected chi connectivity index (χ1v) is 8.38. The normalized spacial score (nSPS) is 15.6. The monoisotopic (exact) mass is 274 g/mol. The Morgan fingerprint density at radius 1 is 0.857 bits per heavy atom. The van der Waals surface area contributed by atoms with Crippen molar-refractivity contribution in [3.63, 3.8) is 0 Å². The molecule has 0 aliphatic rings. The third kappa shape index (κ3) is 8.40. The van der Waals surface area contributed by atoms with Crippen molar-refractivity contribution in [1.29, 1.82) is 0 Å². The van der Waals surface area contributed by atoms with Crippen LogP contribution in [0.3, 0.4) is 0 Å². The molecule has 0 heterocycles. The fraction of sp³-hybridized carbons (Fsp3) is 1.00. The van der Waals surface area contributed by atoms with Crippen LogP contribution in [-0.4, -0.2) is 26.9 Å². The highest BCUT2D eigenvalue weighted by Crippen LogP contribution is 2.19. The van der Waals surface area contributed by atoms with Gasteiger partial charge in [-0.15, -0.1) is 34.8 Å². The molecule has 0 fully saturated rings. The summed E-state index contributed by atoms with van der Waals surface area (Å²) < 4.78 is 0. The van der Waals surface area contributed by atoms with Crippen molar-refractivity contribution in [3.05, 3.63) is 0 Å². The van der Waals surface area contributed by atoms with Crippen molar-refractivity contribution < 1.29 is 0 Å². The van der Waals surface area contributed by atoms with E-state index in [-0.39, 0.29) is 10.8 Å². The number of rotatable bonds is 9. The van der Waals surface area contributed by atoms with E-state index >= 15 is 0 Å². The molecule has 14 heavy (non-hydrogen) atoms. The summed E-state index contributed by atoms with van der Waals surface area (Å²) >= 11 is 17.8. The van der Waals surface area contributed by atoms with Crippen LogP contribution in [0.1, 0.15) is 38.5 Å². The fourth-order valence-corrected chi connectivity index (χ4v) is 2.92. The maximum absolute atomic E-state index is 6.14. The number of halogens is 3. The first kappa shape index (κ1) is 15.1. The average molecular weight is 276 g/mol. The molecule has 0 amide bonds. The predicted octanol–water partition coefficient (Wildman–Crippen LogP) is 3.56. The Morgan fingerprint density at radius 3 is 2.00 bits per heavy atom. The topological polar surface area (TPSA) is 0 Å². The maximum atomic E-state index is 6.14. The summed E-state index contributed by atoms with van der Waals surface area (Å²) in [6, 6.07) is 1.10. The van der Waals surface area contributed by atoms with E-state index in [1.807, 2.05) is 0 Å². The second-order valence-electron chi connectivity index (χ2n) is 3.69. The molecule has 0 aliphatic carbocycles. The van der Waals surface area contributed by atoms with Gasteiger partial charge in [-0.3, -0.25) is 0 Å². The van der Waals surface area contributed by atoms with Crippen molar-refractivity contribution in [2.45, 2.75) is 55.3 Å². The van der Waals surface area contributed by atoms with Crippen LogP contribution in [0.5, 0.6) is 0 Å². The first-order valence-electron chi connectivity index (χ1n) is 5.56. The Bertz CT molecular complexity index is 122. The molecule has 4 heteroatoms. The Morgan fingerprint density at radius 2 is 1.43 bits per heavy atom. The molecule has 0 N–H and O–H groups in total. The standard InChI is InChI=1S/C10H21Cl3Si/c11-7-5-3-1-2-4-6-9(12)10(13)8-14/h9-10H,1-8H2,14H3. The van der Waals surface area contributed by atoms with Crippen LogP contribution in [-0.2, 0) is 0 Å². The predicted molar refractivity (Wildman–Crippen MR) is 72.5 cm³/mol. The van der Waals surface area contributed by atoms with Crippen LogP contribution in [0.25, 0.3) is 0 Å². The molecule has 2 atom stereocenters. The molecule has 0 aliphatic heterocycles. The van der Waals surface area contributed by atoms with E-state index in [1.165, 1.54) is 25.7 Å². The molecule has 86 valence electrons. The van der Waals surface area contributed by atoms with Crippen LogP contribution >= 0.6 is 34.8 Å². The number of alkyl halides is 3. The van der Waals surface area contributed by atoms with E-state index in [9.17, 15) is 0 Å². The summed E-state index contributed by atoms with van der Waals surface area (Å²) in [7, 11) is 1.15. The van der Waals surface area contributed by atoms with Crippen LogP contribution in [0.4, 0.5) is 0 Å². The highest BCUT2D eigenvalue weighted by atomic mass is 35.5. The summed E-state index contributed by atoms with van der Waals surface area (Å²) in [5.74, 6) is 0.794. The number of unbranched alkanes of at least 4 members (excludes halogenated alkanes) is 4. The minimum absolute atomic E-state index is 0.183. The van der Waals surface area contributed by atoms with Crippen molar-refractivity contribution in [1.82, 2.24) is 0 Å². The lowest BCUT2D eigenvalue weighted by Crippen LogP contribution is -2.14. The van der Waals surface area contributed by atoms with Gasteiger partial charge in [-0.25, -0.2) is 0 Å². The largest absolute Gasteiger partial charge is 0.127 e. The van der Waals surface area contributed by atoms with Crippen LogP contribution in [0, 0.1) is 0 Å². The van der Waals surface area contributed by atoms with Gasteiger partial charge in [0.15, 0.2) is 0 Å². The van der Waals surface area contributed by atoms with Crippen LogP contribution in [0.2, 0.25) is 6.04 Å². The van der Waals surface area contributed by atoms with E-state index < -0.39 is 0 Å². The molecule has 2 unspecified atom stereocenters. The second kappa shape index (κ2) is 10.6. The first-order chi connectivity index (χ1) is 6.72. The van der Waals surface area contributed by atoms with E-state index in [0.29, 0.717) is 0 Å². The number of hydrogen-bond acceptors (Lipinski definition) is 0. The van der Waals surface area contributed by atoms with Crippen molar-refractivity contribution in [2.24, 2.45) is 0 Å². The molecule has 0 aromatic carbocycles. The minimum atomic E-state index is 0.183. The van der Waals surface area contributed by atoms with Crippen molar-refractivity contribution in [2.75, 3.05) is 5.88 Å².